The average Bonchev–Trinajstić information content (AvgIpc) is 3.51. The normalized spacial score (nSPS) is 25.8. The smallest absolute Gasteiger partial charge is 0.328 e. The molecule has 1 unspecified atom stereocenters. The summed E-state index contributed by atoms with van der Waals surface area (Å²) < 4.78 is 7.64. The number of nitrogens with one attached hydrogen (secondary N) is 1. The summed E-state index contributed by atoms with van der Waals surface area (Å²) in [5.41, 5.74) is 1.66. The number of amides is 2. The molecule has 1 saturated carbocycles. The van der Waals surface area contributed by atoms with E-state index in [-0.39, 0.29) is 6.03 Å². The molecule has 0 radical (unpaired) electrons. The van der Waals surface area contributed by atoms with E-state index in [0.29, 0.717) is 6.04 Å². The number of nitrogens with zero attached hydrogens (tertiary/aromatic N) is 4. The molecule has 1 atom stereocenters. The topological polar surface area (TPSA) is 62.1 Å². The molecule has 7 nitrogen and oxygen atoms in total. The first-order valence-corrected chi connectivity index (χ1v) is 11.8. The van der Waals surface area contributed by atoms with Gasteiger partial charge in [-0.3, -0.25) is 20.1 Å². The van der Waals surface area contributed by atoms with Crippen LogP contribution < -0.4 is 15.0 Å². The fourth-order valence-corrected chi connectivity index (χ4v) is 5.58. The number of aryl methyl sites for hydroxylation is 1. The second-order valence-corrected chi connectivity index (χ2v) is 9.34. The summed E-state index contributed by atoms with van der Waals surface area (Å²) in [6, 6.07) is 12.3. The van der Waals surface area contributed by atoms with Crippen molar-refractivity contribution in [3.8, 4) is 5.75 Å². The highest BCUT2D eigenvalue weighted by Crippen LogP contribution is 2.39. The molecule has 0 bridgehead atoms. The maximum absolute atomic E-state index is 13.4. The van der Waals surface area contributed by atoms with Gasteiger partial charge in [-0.1, -0.05) is 18.9 Å². The van der Waals surface area contributed by atoms with Gasteiger partial charge < -0.3 is 9.30 Å². The third-order valence-corrected chi connectivity index (χ3v) is 7.23. The van der Waals surface area contributed by atoms with Gasteiger partial charge in [-0.2, -0.15) is 0 Å². The lowest BCUT2D eigenvalue weighted by atomic mass is 9.86. The highest BCUT2D eigenvalue weighted by atomic mass is 16.5. The Morgan fingerprint density at radius 3 is 2.78 bits per heavy atom. The van der Waals surface area contributed by atoms with Crippen LogP contribution in [-0.2, 0) is 13.6 Å². The van der Waals surface area contributed by atoms with Crippen LogP contribution in [0.5, 0.6) is 5.75 Å². The fraction of sp³-hybridized carbons (Fsp3) is 0.520. The number of methoxy groups -OCH3 is 1. The molecule has 1 aromatic heterocycles. The van der Waals surface area contributed by atoms with E-state index in [9.17, 15) is 4.79 Å². The van der Waals surface area contributed by atoms with Gasteiger partial charge in [0.2, 0.25) is 0 Å². The number of carbonyl (C=O) groups excluding carboxylic acids is 1. The van der Waals surface area contributed by atoms with Crippen molar-refractivity contribution in [2.75, 3.05) is 25.1 Å². The third-order valence-electron chi connectivity index (χ3n) is 7.23. The van der Waals surface area contributed by atoms with Crippen LogP contribution in [0.15, 0.2) is 47.6 Å². The largest absolute Gasteiger partial charge is 0.497 e. The number of carbonyl (C=O) groups is 1. The quantitative estimate of drug-likeness (QED) is 0.774. The molecule has 1 N–H and O–H groups in total. The number of aromatic nitrogens is 1. The van der Waals surface area contributed by atoms with Crippen LogP contribution in [0.3, 0.4) is 0 Å². The minimum absolute atomic E-state index is 0.0873. The minimum atomic E-state index is -0.477. The summed E-state index contributed by atoms with van der Waals surface area (Å²) in [6.07, 6.45) is 8.68. The molecule has 2 saturated heterocycles. The maximum atomic E-state index is 13.4. The second kappa shape index (κ2) is 8.62. The first kappa shape index (κ1) is 21.1. The van der Waals surface area contributed by atoms with Crippen molar-refractivity contribution < 1.29 is 9.53 Å². The lowest BCUT2D eigenvalue weighted by Gasteiger charge is -2.44. The van der Waals surface area contributed by atoms with Gasteiger partial charge in [-0.25, -0.2) is 4.79 Å². The van der Waals surface area contributed by atoms with Gasteiger partial charge >= 0.3 is 6.03 Å². The van der Waals surface area contributed by atoms with Crippen molar-refractivity contribution in [3.05, 3.63) is 48.3 Å². The molecule has 3 heterocycles. The predicted molar refractivity (Wildman–Crippen MR) is 126 cm³/mol. The molecule has 5 rings (SSSR count). The molecule has 2 amide bonds. The van der Waals surface area contributed by atoms with Gasteiger partial charge in [0.05, 0.1) is 18.8 Å². The zero-order valence-electron chi connectivity index (χ0n) is 19.1. The SMILES string of the molecule is COc1cccc(N2C(=O)NC(=NC3CCCC3)C23CCCN(Cc2cccn2C)C3)c1. The zero-order chi connectivity index (χ0) is 22.1. The number of anilines is 1. The summed E-state index contributed by atoms with van der Waals surface area (Å²) in [6.45, 7) is 2.64. The standard InChI is InChI=1S/C25H33N5O2/c1-28-14-6-11-21(28)17-29-15-7-13-25(18-29)23(26-19-8-3-4-9-19)27-24(31)30(25)20-10-5-12-22(16-20)32-2/h5-6,10-12,14,16,19H,3-4,7-9,13,15,17-18H2,1-2H3,(H,26,27,31). The summed E-state index contributed by atoms with van der Waals surface area (Å²) in [4.78, 5) is 22.9. The Morgan fingerprint density at radius 1 is 1.19 bits per heavy atom. The van der Waals surface area contributed by atoms with Crippen LogP contribution in [0.4, 0.5) is 10.5 Å². The Hall–Kier alpha value is -2.80. The first-order valence-electron chi connectivity index (χ1n) is 11.8. The third kappa shape index (κ3) is 3.79. The van der Waals surface area contributed by atoms with Crippen LogP contribution in [0.2, 0.25) is 0 Å². The number of urea groups is 1. The molecule has 32 heavy (non-hydrogen) atoms. The number of piperidine rings is 1. The summed E-state index contributed by atoms with van der Waals surface area (Å²) in [5, 5.41) is 3.18. The molecular formula is C25H33N5O2. The van der Waals surface area contributed by atoms with Gasteiger partial charge in [0.1, 0.15) is 17.1 Å². The number of hydrogen-bond acceptors (Lipinski definition) is 4. The lowest BCUT2D eigenvalue weighted by molar-refractivity contribution is 0.173. The van der Waals surface area contributed by atoms with Crippen LogP contribution in [0.25, 0.3) is 0 Å². The van der Waals surface area contributed by atoms with Gasteiger partial charge in [-0.05, 0) is 56.5 Å². The number of rotatable bonds is 5. The summed E-state index contributed by atoms with van der Waals surface area (Å²) in [5.74, 6) is 1.61. The van der Waals surface area contributed by atoms with Crippen molar-refractivity contribution in [2.24, 2.45) is 12.0 Å². The molecule has 3 aliphatic rings. The molecule has 1 aliphatic carbocycles. The molecule has 2 aliphatic heterocycles. The first-order chi connectivity index (χ1) is 15.6. The molecule has 3 fully saturated rings. The van der Waals surface area contributed by atoms with Gasteiger partial charge in [0.15, 0.2) is 0 Å². The van der Waals surface area contributed by atoms with E-state index in [0.717, 1.165) is 62.6 Å². The second-order valence-electron chi connectivity index (χ2n) is 9.34. The van der Waals surface area contributed by atoms with Crippen LogP contribution in [-0.4, -0.2) is 53.1 Å². The van der Waals surface area contributed by atoms with E-state index in [1.54, 1.807) is 7.11 Å². The molecule has 1 aromatic carbocycles. The Balaban J connectivity index is 1.53. The van der Waals surface area contributed by atoms with Crippen molar-refractivity contribution >= 4 is 17.6 Å². The number of benzene rings is 1. The highest BCUT2D eigenvalue weighted by Gasteiger charge is 2.54. The van der Waals surface area contributed by atoms with Crippen molar-refractivity contribution in [1.29, 1.82) is 0 Å². The van der Waals surface area contributed by atoms with Crippen molar-refractivity contribution in [1.82, 2.24) is 14.8 Å². The maximum Gasteiger partial charge on any atom is 0.328 e. The predicted octanol–water partition coefficient (Wildman–Crippen LogP) is 3.94. The minimum Gasteiger partial charge on any atom is -0.497 e. The monoisotopic (exact) mass is 435 g/mol. The Bertz CT molecular complexity index is 1010. The van der Waals surface area contributed by atoms with Gasteiger partial charge in [0, 0.05) is 38.1 Å². The molecule has 2 aromatic rings. The van der Waals surface area contributed by atoms with Gasteiger partial charge in [0.25, 0.3) is 0 Å². The molecule has 7 heteroatoms. The number of ether oxygens (including phenoxy) is 1. The van der Waals surface area contributed by atoms with Crippen LogP contribution in [0.1, 0.15) is 44.2 Å². The molecule has 170 valence electrons. The molecular weight excluding hydrogens is 402 g/mol. The summed E-state index contributed by atoms with van der Waals surface area (Å²) in [7, 11) is 3.75. The van der Waals surface area contributed by atoms with E-state index in [1.807, 2.05) is 29.2 Å². The van der Waals surface area contributed by atoms with Gasteiger partial charge in [-0.15, -0.1) is 0 Å². The van der Waals surface area contributed by atoms with Crippen LogP contribution in [0, 0.1) is 0 Å². The number of likely N-dealkylation sites (tertiary alicyclic amines) is 1. The van der Waals surface area contributed by atoms with Crippen molar-refractivity contribution in [2.45, 2.75) is 56.7 Å². The van der Waals surface area contributed by atoms with E-state index >= 15 is 0 Å². The summed E-state index contributed by atoms with van der Waals surface area (Å²) >= 11 is 0. The Morgan fingerprint density at radius 2 is 2.03 bits per heavy atom. The highest BCUT2D eigenvalue weighted by molar-refractivity contribution is 6.19. The number of amidine groups is 1. The van der Waals surface area contributed by atoms with Crippen LogP contribution >= 0.6 is 0 Å². The Labute approximate surface area is 190 Å². The zero-order valence-corrected chi connectivity index (χ0v) is 19.1. The van der Waals surface area contributed by atoms with E-state index in [4.69, 9.17) is 9.73 Å². The van der Waals surface area contributed by atoms with E-state index < -0.39 is 5.54 Å². The molecule has 1 spiro atoms. The lowest BCUT2D eigenvalue weighted by Crippen LogP contribution is -2.60. The average molecular weight is 436 g/mol. The van der Waals surface area contributed by atoms with E-state index in [1.165, 1.54) is 18.5 Å². The fourth-order valence-electron chi connectivity index (χ4n) is 5.58. The van der Waals surface area contributed by atoms with Crippen molar-refractivity contribution in [3.63, 3.8) is 0 Å². The van der Waals surface area contributed by atoms with E-state index in [2.05, 4.69) is 40.2 Å². The Kier molecular flexibility index (Phi) is 5.67. The number of hydrogen-bond donors (Lipinski definition) is 1. The number of aliphatic imine (C=N–C) groups is 1.